The van der Waals surface area contributed by atoms with E-state index in [-0.39, 0.29) is 11.5 Å². The molecule has 1 atom stereocenters. The summed E-state index contributed by atoms with van der Waals surface area (Å²) in [6.07, 6.45) is 2.32. The maximum Gasteiger partial charge on any atom is 0.335 e. The summed E-state index contributed by atoms with van der Waals surface area (Å²) in [6.45, 7) is 2.04. The summed E-state index contributed by atoms with van der Waals surface area (Å²) >= 11 is 6.48. The Morgan fingerprint density at radius 1 is 1.26 bits per heavy atom. The number of aromatic nitrogens is 2. The van der Waals surface area contributed by atoms with Gasteiger partial charge in [0.15, 0.2) is 0 Å². The Hall–Kier alpha value is -3.91. The van der Waals surface area contributed by atoms with Gasteiger partial charge in [0.25, 0.3) is 0 Å². The van der Waals surface area contributed by atoms with Gasteiger partial charge >= 0.3 is 5.97 Å². The fourth-order valence-electron chi connectivity index (χ4n) is 4.05. The topological polar surface area (TPSA) is 120 Å². The van der Waals surface area contributed by atoms with E-state index in [1.54, 1.807) is 19.3 Å². The zero-order valence-corrected chi connectivity index (χ0v) is 19.7. The van der Waals surface area contributed by atoms with Crippen molar-refractivity contribution in [2.24, 2.45) is 0 Å². The normalized spacial score (nSPS) is 16.5. The van der Waals surface area contributed by atoms with E-state index in [4.69, 9.17) is 26.7 Å². The van der Waals surface area contributed by atoms with Crippen LogP contribution in [0, 0.1) is 5.41 Å². The van der Waals surface area contributed by atoms with Gasteiger partial charge in [0.2, 0.25) is 5.95 Å². The lowest BCUT2D eigenvalue weighted by Gasteiger charge is -2.27. The summed E-state index contributed by atoms with van der Waals surface area (Å²) in [4.78, 5) is 20.5. The molecule has 1 aliphatic rings. The number of ether oxygens (including phenoxy) is 1. The number of hydrogen-bond donors (Lipinski definition) is 4. The standard InChI is InChI=1S/C25H24ClN5O3/c1-13-10-18(27)21(22(28-2)15-6-4-5-7-17(15)26)23-16(13)12-29-25(31-23)30-19-9-8-14(24(32)33)11-20(19)34-3/h4-9,11-13,27-28H,10H2,1-3H3,(H,32,33)(H,29,30,31)/b22-21+,27-18?. The maximum absolute atomic E-state index is 11.3. The van der Waals surface area contributed by atoms with Crippen LogP contribution in [-0.4, -0.2) is 40.9 Å². The quantitative estimate of drug-likeness (QED) is 0.385. The summed E-state index contributed by atoms with van der Waals surface area (Å²) in [5.41, 5.74) is 4.84. The van der Waals surface area contributed by atoms with E-state index in [9.17, 15) is 9.90 Å². The zero-order valence-electron chi connectivity index (χ0n) is 18.9. The molecule has 1 heterocycles. The molecule has 1 aliphatic carbocycles. The highest BCUT2D eigenvalue weighted by Gasteiger charge is 2.30. The third kappa shape index (κ3) is 4.32. The predicted octanol–water partition coefficient (Wildman–Crippen LogP) is 5.20. The molecule has 174 valence electrons. The Kier molecular flexibility index (Phi) is 6.51. The van der Waals surface area contributed by atoms with Gasteiger partial charge in [0.05, 0.1) is 29.8 Å². The van der Waals surface area contributed by atoms with E-state index in [0.29, 0.717) is 45.8 Å². The molecule has 0 aliphatic heterocycles. The Balaban J connectivity index is 1.84. The number of benzene rings is 2. The number of carboxylic acids is 1. The minimum Gasteiger partial charge on any atom is -0.495 e. The van der Waals surface area contributed by atoms with Crippen molar-refractivity contribution >= 4 is 46.2 Å². The number of aromatic carboxylic acids is 1. The second kappa shape index (κ2) is 9.52. The molecule has 0 spiro atoms. The molecular formula is C25H24ClN5O3. The highest BCUT2D eigenvalue weighted by molar-refractivity contribution is 6.35. The highest BCUT2D eigenvalue weighted by Crippen LogP contribution is 2.39. The molecule has 0 saturated carbocycles. The predicted molar refractivity (Wildman–Crippen MR) is 133 cm³/mol. The molecule has 34 heavy (non-hydrogen) atoms. The lowest BCUT2D eigenvalue weighted by molar-refractivity contribution is 0.0696. The van der Waals surface area contributed by atoms with Crippen molar-refractivity contribution in [2.45, 2.75) is 19.3 Å². The van der Waals surface area contributed by atoms with E-state index in [0.717, 1.165) is 16.8 Å². The molecule has 3 aromatic rings. The monoisotopic (exact) mass is 477 g/mol. The molecule has 0 amide bonds. The van der Waals surface area contributed by atoms with Crippen LogP contribution in [0.4, 0.5) is 11.6 Å². The van der Waals surface area contributed by atoms with E-state index in [1.165, 1.54) is 19.2 Å². The molecule has 4 N–H and O–H groups in total. The summed E-state index contributed by atoms with van der Waals surface area (Å²) < 4.78 is 5.35. The number of hydrogen-bond acceptors (Lipinski definition) is 7. The third-order valence-corrected chi connectivity index (χ3v) is 6.06. The van der Waals surface area contributed by atoms with Gasteiger partial charge in [-0.1, -0.05) is 36.7 Å². The average Bonchev–Trinajstić information content (AvgIpc) is 2.82. The fourth-order valence-corrected chi connectivity index (χ4v) is 4.28. The molecule has 1 aromatic heterocycles. The largest absolute Gasteiger partial charge is 0.495 e. The van der Waals surface area contributed by atoms with Crippen molar-refractivity contribution in [3.63, 3.8) is 0 Å². The number of halogens is 1. The number of nitrogens with one attached hydrogen (secondary N) is 3. The minimum absolute atomic E-state index is 0.0778. The van der Waals surface area contributed by atoms with Crippen LogP contribution in [0.15, 0.2) is 48.7 Å². The van der Waals surface area contributed by atoms with E-state index in [1.807, 2.05) is 31.2 Å². The van der Waals surface area contributed by atoms with E-state index < -0.39 is 5.97 Å². The maximum atomic E-state index is 11.3. The van der Waals surface area contributed by atoms with Crippen LogP contribution in [0.2, 0.25) is 5.02 Å². The highest BCUT2D eigenvalue weighted by atomic mass is 35.5. The molecule has 0 bridgehead atoms. The smallest absolute Gasteiger partial charge is 0.335 e. The molecule has 8 nitrogen and oxygen atoms in total. The van der Waals surface area contributed by atoms with Gasteiger partial charge in [-0.25, -0.2) is 14.8 Å². The first-order valence-electron chi connectivity index (χ1n) is 10.6. The van der Waals surface area contributed by atoms with Gasteiger partial charge in [-0.05, 0) is 36.6 Å². The van der Waals surface area contributed by atoms with Gasteiger partial charge < -0.3 is 25.9 Å². The first-order chi connectivity index (χ1) is 16.3. The number of carboxylic acid groups (broad SMARTS) is 1. The molecule has 4 rings (SSSR count). The van der Waals surface area contributed by atoms with Crippen LogP contribution in [0.25, 0.3) is 11.3 Å². The lowest BCUT2D eigenvalue weighted by Crippen LogP contribution is -2.22. The molecule has 9 heteroatoms. The second-order valence-electron chi connectivity index (χ2n) is 7.91. The summed E-state index contributed by atoms with van der Waals surface area (Å²) in [6, 6.07) is 12.0. The third-order valence-electron chi connectivity index (χ3n) is 5.74. The number of anilines is 2. The van der Waals surface area contributed by atoms with Crippen LogP contribution in [0.5, 0.6) is 5.75 Å². The Morgan fingerprint density at radius 2 is 2.03 bits per heavy atom. The number of nitrogens with zero attached hydrogens (tertiary/aromatic N) is 2. The Bertz CT molecular complexity index is 1320. The van der Waals surface area contributed by atoms with Crippen molar-refractivity contribution in [1.82, 2.24) is 15.3 Å². The van der Waals surface area contributed by atoms with Crippen molar-refractivity contribution < 1.29 is 14.6 Å². The molecule has 1 unspecified atom stereocenters. The van der Waals surface area contributed by atoms with Crippen molar-refractivity contribution in [1.29, 1.82) is 5.41 Å². The number of carbonyl (C=O) groups is 1. The zero-order chi connectivity index (χ0) is 24.4. The molecular weight excluding hydrogens is 454 g/mol. The molecule has 0 saturated heterocycles. The Morgan fingerprint density at radius 3 is 2.71 bits per heavy atom. The summed E-state index contributed by atoms with van der Waals surface area (Å²) in [5, 5.41) is 24.9. The van der Waals surface area contributed by atoms with Gasteiger partial charge in [-0.3, -0.25) is 0 Å². The van der Waals surface area contributed by atoms with Crippen LogP contribution >= 0.6 is 11.6 Å². The summed E-state index contributed by atoms with van der Waals surface area (Å²) in [5.74, 6) is -0.315. The second-order valence-corrected chi connectivity index (χ2v) is 8.31. The van der Waals surface area contributed by atoms with Crippen molar-refractivity contribution in [3.8, 4) is 5.75 Å². The van der Waals surface area contributed by atoms with Crippen molar-refractivity contribution in [3.05, 3.63) is 76.1 Å². The molecule has 0 radical (unpaired) electrons. The van der Waals surface area contributed by atoms with E-state index in [2.05, 4.69) is 15.6 Å². The van der Waals surface area contributed by atoms with Crippen LogP contribution in [-0.2, 0) is 0 Å². The van der Waals surface area contributed by atoms with Gasteiger partial charge in [-0.2, -0.15) is 0 Å². The van der Waals surface area contributed by atoms with Crippen molar-refractivity contribution in [2.75, 3.05) is 19.5 Å². The average molecular weight is 478 g/mol. The first-order valence-corrected chi connectivity index (χ1v) is 11.0. The molecule has 0 fully saturated rings. The number of rotatable bonds is 6. The van der Waals surface area contributed by atoms with E-state index >= 15 is 0 Å². The number of methoxy groups -OCH3 is 1. The molecule has 2 aromatic carbocycles. The fraction of sp³-hybridized carbons (Fsp3) is 0.200. The number of allylic oxidation sites excluding steroid dienone is 1. The van der Waals surface area contributed by atoms with Crippen LogP contribution < -0.4 is 15.4 Å². The van der Waals surface area contributed by atoms with Gasteiger partial charge in [0.1, 0.15) is 5.75 Å². The summed E-state index contributed by atoms with van der Waals surface area (Å²) in [7, 11) is 3.26. The Labute approximate surface area is 202 Å². The van der Waals surface area contributed by atoms with Gasteiger partial charge in [0, 0.05) is 40.7 Å². The van der Waals surface area contributed by atoms with Gasteiger partial charge in [-0.15, -0.1) is 0 Å². The lowest BCUT2D eigenvalue weighted by atomic mass is 9.81. The minimum atomic E-state index is -1.05. The van der Waals surface area contributed by atoms with Crippen LogP contribution in [0.3, 0.4) is 0 Å². The number of fused-ring (bicyclic) bond motifs is 1. The van der Waals surface area contributed by atoms with Crippen LogP contribution in [0.1, 0.15) is 46.4 Å². The first kappa shape index (κ1) is 23.3. The SMILES string of the molecule is CN/C(=C1\C(=N)CC(C)c2cnc(Nc3ccc(C(=O)O)cc3OC)nc21)c1ccccc1Cl.